The number of amides is 1. The Morgan fingerprint density at radius 3 is 2.84 bits per heavy atom. The Labute approximate surface area is 114 Å². The first-order valence-corrected chi connectivity index (χ1v) is 7.00. The molecule has 1 saturated carbocycles. The van der Waals surface area contributed by atoms with E-state index in [0.29, 0.717) is 0 Å². The number of anilines is 1. The van der Waals surface area contributed by atoms with Crippen molar-refractivity contribution in [2.24, 2.45) is 11.7 Å². The maximum Gasteiger partial charge on any atom is 0.222 e. The Morgan fingerprint density at radius 1 is 1.42 bits per heavy atom. The molecule has 2 atom stereocenters. The van der Waals surface area contributed by atoms with Gasteiger partial charge in [-0.3, -0.25) is 4.79 Å². The van der Waals surface area contributed by atoms with Crippen LogP contribution in [0.15, 0.2) is 6.07 Å². The Hall–Kier alpha value is -1.65. The lowest BCUT2D eigenvalue weighted by Crippen LogP contribution is -2.40. The van der Waals surface area contributed by atoms with Crippen molar-refractivity contribution in [2.75, 3.05) is 5.32 Å². The van der Waals surface area contributed by atoms with Gasteiger partial charge >= 0.3 is 0 Å². The van der Waals surface area contributed by atoms with E-state index in [0.717, 1.165) is 49.4 Å². The molecular formula is C14H22N4O. The Bertz CT molecular complexity index is 461. The van der Waals surface area contributed by atoms with Crippen LogP contribution in [0, 0.1) is 12.8 Å². The molecular weight excluding hydrogens is 240 g/mol. The fourth-order valence-electron chi connectivity index (χ4n) is 2.72. The summed E-state index contributed by atoms with van der Waals surface area (Å²) in [5, 5.41) is 3.38. The van der Waals surface area contributed by atoms with Crippen LogP contribution < -0.4 is 11.1 Å². The number of rotatable bonds is 4. The number of carbonyl (C=O) groups excluding carboxylic acids is 1. The molecule has 5 nitrogen and oxygen atoms in total. The van der Waals surface area contributed by atoms with Crippen molar-refractivity contribution in [1.82, 2.24) is 9.97 Å². The zero-order valence-corrected chi connectivity index (χ0v) is 11.6. The highest BCUT2D eigenvalue weighted by Crippen LogP contribution is 2.26. The van der Waals surface area contributed by atoms with Crippen LogP contribution in [-0.2, 0) is 11.2 Å². The number of nitrogens with zero attached hydrogens (tertiary/aromatic N) is 2. The van der Waals surface area contributed by atoms with E-state index in [-0.39, 0.29) is 17.9 Å². The molecule has 1 aromatic rings. The third-order valence-corrected chi connectivity index (χ3v) is 3.72. The van der Waals surface area contributed by atoms with Gasteiger partial charge in [-0.15, -0.1) is 0 Å². The number of hydrogen-bond acceptors (Lipinski definition) is 4. The zero-order valence-electron chi connectivity index (χ0n) is 11.6. The first-order valence-electron chi connectivity index (χ1n) is 7.00. The minimum Gasteiger partial charge on any atom is -0.369 e. The summed E-state index contributed by atoms with van der Waals surface area (Å²) in [4.78, 5) is 20.2. The minimum atomic E-state index is -0.210. The van der Waals surface area contributed by atoms with E-state index in [1.165, 1.54) is 0 Å². The highest BCUT2D eigenvalue weighted by Gasteiger charge is 2.29. The molecule has 0 spiro atoms. The number of hydrogen-bond donors (Lipinski definition) is 2. The highest BCUT2D eigenvalue weighted by molar-refractivity contribution is 5.78. The van der Waals surface area contributed by atoms with E-state index >= 15 is 0 Å². The van der Waals surface area contributed by atoms with Crippen molar-refractivity contribution in [3.05, 3.63) is 17.6 Å². The second kappa shape index (κ2) is 5.99. The molecule has 19 heavy (non-hydrogen) atoms. The molecule has 0 aliphatic heterocycles. The number of nitrogens with two attached hydrogens (primary N) is 1. The standard InChI is InChI=1S/C14H22N4O/c1-3-10-8-13(17-9(2)16-10)18-12-7-5-4-6-11(12)14(15)19/h8,11-12H,3-7H2,1-2H3,(H2,15,19)(H,16,17,18). The topological polar surface area (TPSA) is 80.9 Å². The summed E-state index contributed by atoms with van der Waals surface area (Å²) in [6, 6.07) is 2.06. The molecule has 0 aromatic carbocycles. The summed E-state index contributed by atoms with van der Waals surface area (Å²) in [6.07, 6.45) is 4.93. The van der Waals surface area contributed by atoms with Gasteiger partial charge in [0.05, 0.1) is 5.92 Å². The molecule has 0 bridgehead atoms. The van der Waals surface area contributed by atoms with Gasteiger partial charge in [-0.25, -0.2) is 9.97 Å². The Morgan fingerprint density at radius 2 is 2.16 bits per heavy atom. The molecule has 0 saturated heterocycles. The largest absolute Gasteiger partial charge is 0.369 e. The van der Waals surface area contributed by atoms with Gasteiger partial charge in [0.15, 0.2) is 0 Å². The van der Waals surface area contributed by atoms with Crippen molar-refractivity contribution in [1.29, 1.82) is 0 Å². The molecule has 3 N–H and O–H groups in total. The lowest BCUT2D eigenvalue weighted by molar-refractivity contribution is -0.122. The first-order chi connectivity index (χ1) is 9.10. The number of primary amides is 1. The van der Waals surface area contributed by atoms with E-state index in [2.05, 4.69) is 22.2 Å². The van der Waals surface area contributed by atoms with Gasteiger partial charge in [-0.1, -0.05) is 19.8 Å². The summed E-state index contributed by atoms with van der Waals surface area (Å²) in [5.41, 5.74) is 6.50. The fourth-order valence-corrected chi connectivity index (χ4v) is 2.72. The normalized spacial score (nSPS) is 23.1. The van der Waals surface area contributed by atoms with Crippen molar-refractivity contribution >= 4 is 11.7 Å². The fraction of sp³-hybridized carbons (Fsp3) is 0.643. The average molecular weight is 262 g/mol. The predicted molar refractivity (Wildman–Crippen MR) is 74.7 cm³/mol. The maximum absolute atomic E-state index is 11.5. The van der Waals surface area contributed by atoms with Crippen LogP contribution in [0.2, 0.25) is 0 Å². The van der Waals surface area contributed by atoms with Crippen LogP contribution in [0.1, 0.15) is 44.1 Å². The summed E-state index contributed by atoms with van der Waals surface area (Å²) in [6.45, 7) is 3.95. The van der Waals surface area contributed by atoms with Gasteiger partial charge in [0.2, 0.25) is 5.91 Å². The molecule has 1 aliphatic rings. The Balaban J connectivity index is 2.14. The van der Waals surface area contributed by atoms with Crippen molar-refractivity contribution in [3.63, 3.8) is 0 Å². The minimum absolute atomic E-state index is 0.0888. The lowest BCUT2D eigenvalue weighted by atomic mass is 9.84. The summed E-state index contributed by atoms with van der Waals surface area (Å²) < 4.78 is 0. The van der Waals surface area contributed by atoms with E-state index in [4.69, 9.17) is 5.73 Å². The van der Waals surface area contributed by atoms with E-state index in [1.54, 1.807) is 0 Å². The molecule has 1 fully saturated rings. The average Bonchev–Trinajstić information content (AvgIpc) is 2.38. The smallest absolute Gasteiger partial charge is 0.222 e. The summed E-state index contributed by atoms with van der Waals surface area (Å²) in [7, 11) is 0. The zero-order chi connectivity index (χ0) is 13.8. The third kappa shape index (κ3) is 3.43. The van der Waals surface area contributed by atoms with Crippen LogP contribution in [-0.4, -0.2) is 21.9 Å². The molecule has 0 radical (unpaired) electrons. The van der Waals surface area contributed by atoms with Crippen LogP contribution in [0.25, 0.3) is 0 Å². The monoisotopic (exact) mass is 262 g/mol. The molecule has 104 valence electrons. The van der Waals surface area contributed by atoms with Crippen LogP contribution in [0.3, 0.4) is 0 Å². The lowest BCUT2D eigenvalue weighted by Gasteiger charge is -2.30. The van der Waals surface area contributed by atoms with Gasteiger partial charge in [-0.05, 0) is 26.2 Å². The molecule has 1 aliphatic carbocycles. The molecule has 1 heterocycles. The SMILES string of the molecule is CCc1cc(NC2CCCCC2C(N)=O)nc(C)n1. The number of nitrogens with one attached hydrogen (secondary N) is 1. The maximum atomic E-state index is 11.5. The van der Waals surface area contributed by atoms with E-state index < -0.39 is 0 Å². The molecule has 2 rings (SSSR count). The summed E-state index contributed by atoms with van der Waals surface area (Å²) >= 11 is 0. The van der Waals surface area contributed by atoms with Crippen molar-refractivity contribution in [3.8, 4) is 0 Å². The number of aromatic nitrogens is 2. The number of carbonyl (C=O) groups is 1. The second-order valence-electron chi connectivity index (χ2n) is 5.19. The van der Waals surface area contributed by atoms with Crippen LogP contribution in [0.4, 0.5) is 5.82 Å². The third-order valence-electron chi connectivity index (χ3n) is 3.72. The van der Waals surface area contributed by atoms with E-state index in [1.807, 2.05) is 13.0 Å². The van der Waals surface area contributed by atoms with Gasteiger partial charge in [0.25, 0.3) is 0 Å². The Kier molecular flexibility index (Phi) is 4.35. The van der Waals surface area contributed by atoms with Gasteiger partial charge in [0.1, 0.15) is 11.6 Å². The first kappa shape index (κ1) is 13.8. The molecule has 5 heteroatoms. The quantitative estimate of drug-likeness (QED) is 0.867. The molecule has 2 unspecified atom stereocenters. The second-order valence-corrected chi connectivity index (χ2v) is 5.19. The van der Waals surface area contributed by atoms with Crippen molar-refractivity contribution < 1.29 is 4.79 Å². The van der Waals surface area contributed by atoms with Crippen LogP contribution >= 0.6 is 0 Å². The van der Waals surface area contributed by atoms with Gasteiger partial charge in [-0.2, -0.15) is 0 Å². The van der Waals surface area contributed by atoms with Gasteiger partial charge < -0.3 is 11.1 Å². The van der Waals surface area contributed by atoms with E-state index in [9.17, 15) is 4.79 Å². The molecule has 1 aromatic heterocycles. The van der Waals surface area contributed by atoms with Crippen LogP contribution in [0.5, 0.6) is 0 Å². The van der Waals surface area contributed by atoms with Crippen molar-refractivity contribution in [2.45, 2.75) is 52.0 Å². The molecule has 1 amide bonds. The predicted octanol–water partition coefficient (Wildman–Crippen LogP) is 1.80. The summed E-state index contributed by atoms with van der Waals surface area (Å²) in [5.74, 6) is 1.27. The number of aryl methyl sites for hydroxylation is 2. The highest BCUT2D eigenvalue weighted by atomic mass is 16.1. The van der Waals surface area contributed by atoms with Gasteiger partial charge in [0, 0.05) is 17.8 Å².